The number of hydrogen-bond acceptors (Lipinski definition) is 6. The predicted molar refractivity (Wildman–Crippen MR) is 133 cm³/mol. The molecule has 8 heteroatoms. The number of likely N-dealkylation sites (tertiary alicyclic amines) is 1. The number of nitrogens with two attached hydrogens (primary N) is 1. The molecule has 3 N–H and O–H groups in total. The maximum absolute atomic E-state index is 11.7. The number of thioether (sulfide) groups is 1. The smallest absolute Gasteiger partial charge is 0.238 e. The third kappa shape index (κ3) is 7.22. The van der Waals surface area contributed by atoms with Gasteiger partial charge in [0.05, 0.1) is 10.5 Å². The third-order valence-electron chi connectivity index (χ3n) is 6.28. The summed E-state index contributed by atoms with van der Waals surface area (Å²) >= 11 is 1.83. The van der Waals surface area contributed by atoms with Gasteiger partial charge in [-0.3, -0.25) is 0 Å². The Kier molecular flexibility index (Phi) is 8.63. The molecule has 1 fully saturated rings. The molecular formula is C24H35N3O3S2. The Balaban J connectivity index is 1.65. The molecule has 1 atom stereocenters. The number of ether oxygens (including phenoxy) is 1. The molecule has 0 radical (unpaired) electrons. The number of hydrogen-bond donors (Lipinski definition) is 2. The van der Waals surface area contributed by atoms with Gasteiger partial charge in [-0.1, -0.05) is 18.2 Å². The Bertz CT molecular complexity index is 975. The van der Waals surface area contributed by atoms with Crippen molar-refractivity contribution in [2.45, 2.75) is 54.5 Å². The van der Waals surface area contributed by atoms with Crippen molar-refractivity contribution in [3.05, 3.63) is 54.1 Å². The van der Waals surface area contributed by atoms with Crippen LogP contribution < -0.4 is 10.5 Å². The lowest BCUT2D eigenvalue weighted by molar-refractivity contribution is -0.0427. The molecule has 176 valence electrons. The first-order chi connectivity index (χ1) is 15.2. The highest BCUT2D eigenvalue weighted by atomic mass is 32.2. The third-order valence-corrected chi connectivity index (χ3v) is 8.37. The quantitative estimate of drug-likeness (QED) is 0.501. The summed E-state index contributed by atoms with van der Waals surface area (Å²) in [5, 5.41) is 8.94. The second kappa shape index (κ2) is 11.0. The molecule has 0 amide bonds. The fraction of sp³-hybridized carbons (Fsp3) is 0.500. The van der Waals surface area contributed by atoms with Crippen LogP contribution in [-0.4, -0.2) is 57.5 Å². The summed E-state index contributed by atoms with van der Waals surface area (Å²) < 4.78 is 29.0. The van der Waals surface area contributed by atoms with Crippen molar-refractivity contribution in [3.63, 3.8) is 0 Å². The van der Waals surface area contributed by atoms with Gasteiger partial charge in [0.15, 0.2) is 0 Å². The van der Waals surface area contributed by atoms with Crippen LogP contribution in [0, 0.1) is 6.92 Å². The minimum absolute atomic E-state index is 0.000497. The van der Waals surface area contributed by atoms with Crippen molar-refractivity contribution in [1.29, 1.82) is 0 Å². The van der Waals surface area contributed by atoms with Gasteiger partial charge in [-0.2, -0.15) is 0 Å². The number of nitrogens with zero attached hydrogens (tertiary/aromatic N) is 1. The highest BCUT2D eigenvalue weighted by molar-refractivity contribution is 7.99. The van der Waals surface area contributed by atoms with Crippen LogP contribution in [0.1, 0.15) is 31.7 Å². The van der Waals surface area contributed by atoms with Gasteiger partial charge in [0, 0.05) is 49.1 Å². The van der Waals surface area contributed by atoms with Crippen molar-refractivity contribution >= 4 is 27.5 Å². The normalized spacial score (nSPS) is 17.8. The number of rotatable bonds is 10. The summed E-state index contributed by atoms with van der Waals surface area (Å²) in [5.74, 6) is 0.921. The van der Waals surface area contributed by atoms with Gasteiger partial charge in [-0.15, -0.1) is 11.8 Å². The van der Waals surface area contributed by atoms with E-state index in [2.05, 4.69) is 41.4 Å². The van der Waals surface area contributed by atoms with Gasteiger partial charge in [0.25, 0.3) is 0 Å². The van der Waals surface area contributed by atoms with E-state index in [0.29, 0.717) is 0 Å². The van der Waals surface area contributed by atoms with Crippen molar-refractivity contribution in [1.82, 2.24) is 4.90 Å². The van der Waals surface area contributed by atoms with Gasteiger partial charge in [0.2, 0.25) is 10.0 Å². The second-order valence-corrected chi connectivity index (χ2v) is 11.4. The van der Waals surface area contributed by atoms with E-state index in [1.54, 1.807) is 19.2 Å². The Labute approximate surface area is 197 Å². The second-order valence-electron chi connectivity index (χ2n) is 8.77. The molecule has 0 aliphatic carbocycles. The van der Waals surface area contributed by atoms with Crippen molar-refractivity contribution in [3.8, 4) is 0 Å². The van der Waals surface area contributed by atoms with Crippen LogP contribution >= 0.6 is 11.8 Å². The van der Waals surface area contributed by atoms with Gasteiger partial charge >= 0.3 is 0 Å². The summed E-state index contributed by atoms with van der Waals surface area (Å²) in [7, 11) is -1.90. The van der Waals surface area contributed by atoms with E-state index in [9.17, 15) is 8.42 Å². The zero-order valence-electron chi connectivity index (χ0n) is 19.2. The first-order valence-corrected chi connectivity index (χ1v) is 13.6. The molecule has 1 aliphatic heterocycles. The molecule has 0 unspecified atom stereocenters. The van der Waals surface area contributed by atoms with E-state index >= 15 is 0 Å². The number of anilines is 1. The summed E-state index contributed by atoms with van der Waals surface area (Å²) in [4.78, 5) is 3.90. The fourth-order valence-electron chi connectivity index (χ4n) is 3.90. The largest absolute Gasteiger partial charge is 0.381 e. The minimum atomic E-state index is -3.70. The van der Waals surface area contributed by atoms with Crippen LogP contribution in [0.25, 0.3) is 0 Å². The van der Waals surface area contributed by atoms with Crippen LogP contribution in [-0.2, 0) is 14.8 Å². The Morgan fingerprint density at radius 2 is 1.88 bits per heavy atom. The van der Waals surface area contributed by atoms with Crippen LogP contribution in [0.5, 0.6) is 0 Å². The molecule has 6 nitrogen and oxygen atoms in total. The van der Waals surface area contributed by atoms with Gasteiger partial charge < -0.3 is 15.0 Å². The summed E-state index contributed by atoms with van der Waals surface area (Å²) in [6.07, 6.45) is 3.10. The summed E-state index contributed by atoms with van der Waals surface area (Å²) in [6.45, 7) is 7.21. The zero-order chi connectivity index (χ0) is 23.2. The number of methoxy groups -OCH3 is 1. The molecule has 0 aromatic heterocycles. The van der Waals surface area contributed by atoms with Crippen molar-refractivity contribution < 1.29 is 13.2 Å². The Hall–Kier alpha value is -1.58. The maximum atomic E-state index is 11.7. The molecular weight excluding hydrogens is 442 g/mol. The van der Waals surface area contributed by atoms with Gasteiger partial charge in [0.1, 0.15) is 0 Å². The lowest BCUT2D eigenvalue weighted by atomic mass is 9.93. The molecule has 0 bridgehead atoms. The van der Waals surface area contributed by atoms with E-state index in [1.807, 2.05) is 30.8 Å². The zero-order valence-corrected chi connectivity index (χ0v) is 20.8. The van der Waals surface area contributed by atoms with Crippen LogP contribution in [0.3, 0.4) is 0 Å². The molecule has 3 rings (SSSR count). The first kappa shape index (κ1) is 25.1. The first-order valence-electron chi connectivity index (χ1n) is 11.0. The standard InChI is InChI=1S/C24H35N3O3S2/c1-19-17-22(32(25,28)29)9-10-23(19)26-20(18-31-21-7-5-4-6-8-21)11-14-27-15-12-24(2,30-3)13-16-27/h4-10,17,20,26H,11-16,18H2,1-3H3,(H2,25,28,29)/t20-/m1/s1. The predicted octanol–water partition coefficient (Wildman–Crippen LogP) is 4.11. The molecule has 1 saturated heterocycles. The van der Waals surface area contributed by atoms with E-state index in [-0.39, 0.29) is 16.5 Å². The highest BCUT2D eigenvalue weighted by Gasteiger charge is 2.29. The van der Waals surface area contributed by atoms with E-state index in [0.717, 1.165) is 55.9 Å². The number of benzene rings is 2. The molecule has 2 aromatic carbocycles. The average Bonchev–Trinajstić information content (AvgIpc) is 2.78. The summed E-state index contributed by atoms with van der Waals surface area (Å²) in [5.41, 5.74) is 1.82. The lowest BCUT2D eigenvalue weighted by Crippen LogP contribution is -2.44. The Morgan fingerprint density at radius 1 is 1.19 bits per heavy atom. The van der Waals surface area contributed by atoms with Gasteiger partial charge in [-0.25, -0.2) is 13.6 Å². The topological polar surface area (TPSA) is 84.7 Å². The van der Waals surface area contributed by atoms with Gasteiger partial charge in [-0.05, 0) is 69.0 Å². The number of aryl methyl sites for hydroxylation is 1. The molecule has 1 aliphatic rings. The molecule has 2 aromatic rings. The number of sulfonamides is 1. The number of primary sulfonamides is 1. The fourth-order valence-corrected chi connectivity index (χ4v) is 5.49. The minimum Gasteiger partial charge on any atom is -0.381 e. The van der Waals surface area contributed by atoms with Crippen molar-refractivity contribution in [2.24, 2.45) is 5.14 Å². The molecule has 0 saturated carbocycles. The van der Waals surface area contributed by atoms with Crippen LogP contribution in [0.4, 0.5) is 5.69 Å². The monoisotopic (exact) mass is 477 g/mol. The van der Waals surface area contributed by atoms with E-state index < -0.39 is 10.0 Å². The molecule has 32 heavy (non-hydrogen) atoms. The van der Waals surface area contributed by atoms with E-state index in [1.165, 1.54) is 4.90 Å². The van der Waals surface area contributed by atoms with Crippen LogP contribution in [0.15, 0.2) is 58.3 Å². The SMILES string of the molecule is COC1(C)CCN(CC[C@H](CSc2ccccc2)Nc2ccc(S(N)(=O)=O)cc2C)CC1. The Morgan fingerprint density at radius 3 is 2.47 bits per heavy atom. The molecule has 1 heterocycles. The van der Waals surface area contributed by atoms with Crippen molar-refractivity contribution in [2.75, 3.05) is 37.8 Å². The highest BCUT2D eigenvalue weighted by Crippen LogP contribution is 2.27. The number of nitrogens with one attached hydrogen (secondary N) is 1. The molecule has 0 spiro atoms. The number of piperidine rings is 1. The summed E-state index contributed by atoms with van der Waals surface area (Å²) in [6, 6.07) is 15.7. The van der Waals surface area contributed by atoms with Crippen LogP contribution in [0.2, 0.25) is 0 Å². The lowest BCUT2D eigenvalue weighted by Gasteiger charge is -2.38. The average molecular weight is 478 g/mol. The maximum Gasteiger partial charge on any atom is 0.238 e. The van der Waals surface area contributed by atoms with E-state index in [4.69, 9.17) is 9.88 Å².